The number of rotatable bonds is 9. The molecule has 1 amide bonds. The van der Waals surface area contributed by atoms with E-state index in [1.807, 2.05) is 66.9 Å². The quantitative estimate of drug-likeness (QED) is 0.511. The Morgan fingerprint density at radius 1 is 1.27 bits per heavy atom. The van der Waals surface area contributed by atoms with E-state index >= 15 is 0 Å². The van der Waals surface area contributed by atoms with Crippen molar-refractivity contribution >= 4 is 23.9 Å². The van der Waals surface area contributed by atoms with Gasteiger partial charge in [0.15, 0.2) is 10.6 Å². The number of hydrogen-bond donors (Lipinski definition) is 2. The van der Waals surface area contributed by atoms with Gasteiger partial charge in [-0.05, 0) is 61.1 Å². The summed E-state index contributed by atoms with van der Waals surface area (Å²) in [5.41, 5.74) is 1.90. The van der Waals surface area contributed by atoms with Crippen LogP contribution in [0.5, 0.6) is 5.75 Å². The largest absolute Gasteiger partial charge is 0.494 e. The Morgan fingerprint density at radius 2 is 2.03 bits per heavy atom. The zero-order valence-electron chi connectivity index (χ0n) is 17.4. The fraction of sp³-hybridized carbons (Fsp3) is 0.333. The minimum absolute atomic E-state index is 0.0565. The fourth-order valence-corrected chi connectivity index (χ4v) is 3.15. The molecule has 0 spiro atoms. The summed E-state index contributed by atoms with van der Waals surface area (Å²) in [6.45, 7) is 3.44. The van der Waals surface area contributed by atoms with Crippen LogP contribution in [-0.2, 0) is 17.9 Å². The van der Waals surface area contributed by atoms with Gasteiger partial charge < -0.3 is 15.0 Å². The maximum absolute atomic E-state index is 12.4. The molecule has 30 heavy (non-hydrogen) atoms. The highest BCUT2D eigenvalue weighted by atomic mass is 32.1. The number of nitrogens with one attached hydrogen (secondary N) is 2. The van der Waals surface area contributed by atoms with Crippen LogP contribution in [0.3, 0.4) is 0 Å². The van der Waals surface area contributed by atoms with Gasteiger partial charge in [-0.3, -0.25) is 14.5 Å². The Kier molecular flexibility index (Phi) is 7.18. The third-order valence-corrected chi connectivity index (χ3v) is 4.81. The first-order valence-corrected chi connectivity index (χ1v) is 10.2. The number of hydrogen-bond acceptors (Lipinski definition) is 6. The third-order valence-electron chi connectivity index (χ3n) is 4.50. The molecule has 8 nitrogen and oxygen atoms in total. The Morgan fingerprint density at radius 3 is 2.73 bits per heavy atom. The molecule has 3 rings (SSSR count). The minimum atomic E-state index is -0.0565. The molecule has 2 heterocycles. The van der Waals surface area contributed by atoms with Crippen LogP contribution in [0, 0.1) is 4.77 Å². The van der Waals surface area contributed by atoms with Crippen molar-refractivity contribution in [1.82, 2.24) is 25.1 Å². The monoisotopic (exact) mass is 426 g/mol. The first kappa shape index (κ1) is 21.5. The van der Waals surface area contributed by atoms with Crippen molar-refractivity contribution < 1.29 is 9.53 Å². The van der Waals surface area contributed by atoms with Crippen molar-refractivity contribution in [2.45, 2.75) is 26.4 Å². The molecule has 158 valence electrons. The highest BCUT2D eigenvalue weighted by molar-refractivity contribution is 7.71. The topological polar surface area (TPSA) is 88.1 Å². The normalized spacial score (nSPS) is 10.6. The van der Waals surface area contributed by atoms with Crippen LogP contribution >= 0.6 is 12.2 Å². The molecule has 0 aliphatic heterocycles. The first-order chi connectivity index (χ1) is 14.5. The molecule has 2 aromatic heterocycles. The second-order valence-electron chi connectivity index (χ2n) is 6.90. The van der Waals surface area contributed by atoms with Crippen LogP contribution in [-0.4, -0.2) is 46.4 Å². The molecule has 0 atom stereocenters. The van der Waals surface area contributed by atoms with E-state index in [0.29, 0.717) is 36.7 Å². The van der Waals surface area contributed by atoms with Crippen LogP contribution in [0.25, 0.3) is 11.4 Å². The summed E-state index contributed by atoms with van der Waals surface area (Å²) in [5, 5.41) is 10.1. The van der Waals surface area contributed by atoms with E-state index in [9.17, 15) is 4.79 Å². The molecule has 0 radical (unpaired) electrons. The number of aromatic amines is 1. The summed E-state index contributed by atoms with van der Waals surface area (Å²) in [5.74, 6) is 2.29. The van der Waals surface area contributed by atoms with E-state index in [2.05, 4.69) is 20.5 Å². The van der Waals surface area contributed by atoms with Crippen molar-refractivity contribution in [3.05, 3.63) is 52.9 Å². The van der Waals surface area contributed by atoms with Crippen LogP contribution < -0.4 is 15.0 Å². The van der Waals surface area contributed by atoms with Gasteiger partial charge in [-0.25, -0.2) is 4.98 Å². The standard InChI is InChI=1S/C21H26N6O2S/c1-4-29-17-7-5-16(6-8-17)20-24-25-21(30)27(20)12-10-19(28)23-14-15-9-11-22-18(13-15)26(2)3/h5-9,11,13H,4,10,12,14H2,1-3H3,(H,23,28)(H,25,30). The number of aromatic nitrogens is 4. The van der Waals surface area contributed by atoms with Crippen molar-refractivity contribution in [2.75, 3.05) is 25.6 Å². The number of amides is 1. The van der Waals surface area contributed by atoms with Gasteiger partial charge in [0, 0.05) is 45.4 Å². The van der Waals surface area contributed by atoms with Crippen LogP contribution in [0.1, 0.15) is 18.9 Å². The lowest BCUT2D eigenvalue weighted by Crippen LogP contribution is -2.24. The van der Waals surface area contributed by atoms with E-state index in [1.54, 1.807) is 6.20 Å². The summed E-state index contributed by atoms with van der Waals surface area (Å²) >= 11 is 5.35. The van der Waals surface area contributed by atoms with E-state index in [4.69, 9.17) is 17.0 Å². The number of ether oxygens (including phenoxy) is 1. The maximum Gasteiger partial charge on any atom is 0.222 e. The van der Waals surface area contributed by atoms with Gasteiger partial charge in [-0.1, -0.05) is 0 Å². The number of carbonyl (C=O) groups is 1. The zero-order chi connectivity index (χ0) is 21.5. The lowest BCUT2D eigenvalue weighted by atomic mass is 10.2. The van der Waals surface area contributed by atoms with E-state index < -0.39 is 0 Å². The van der Waals surface area contributed by atoms with Crippen molar-refractivity contribution in [2.24, 2.45) is 0 Å². The number of nitrogens with zero attached hydrogens (tertiary/aromatic N) is 4. The average molecular weight is 427 g/mol. The van der Waals surface area contributed by atoms with Crippen LogP contribution in [0.2, 0.25) is 0 Å². The van der Waals surface area contributed by atoms with Crippen LogP contribution in [0.15, 0.2) is 42.6 Å². The summed E-state index contributed by atoms with van der Waals surface area (Å²) in [6.07, 6.45) is 2.04. The summed E-state index contributed by atoms with van der Waals surface area (Å²) in [7, 11) is 3.86. The average Bonchev–Trinajstić information content (AvgIpc) is 3.12. The van der Waals surface area contributed by atoms with Crippen molar-refractivity contribution in [3.8, 4) is 17.1 Å². The van der Waals surface area contributed by atoms with Gasteiger partial charge in [-0.2, -0.15) is 5.10 Å². The van der Waals surface area contributed by atoms with Gasteiger partial charge in [0.2, 0.25) is 5.91 Å². The Bertz CT molecular complexity index is 1040. The fourth-order valence-electron chi connectivity index (χ4n) is 2.93. The van der Waals surface area contributed by atoms with Gasteiger partial charge in [0.05, 0.1) is 6.61 Å². The molecule has 0 fully saturated rings. The molecule has 3 aromatic rings. The third kappa shape index (κ3) is 5.44. The highest BCUT2D eigenvalue weighted by Crippen LogP contribution is 2.21. The predicted octanol–water partition coefficient (Wildman–Crippen LogP) is 3.17. The van der Waals surface area contributed by atoms with Gasteiger partial charge in [0.1, 0.15) is 11.6 Å². The summed E-state index contributed by atoms with van der Waals surface area (Å²) in [6, 6.07) is 11.5. The Labute approximate surface area is 180 Å². The maximum atomic E-state index is 12.4. The molecule has 0 bridgehead atoms. The number of anilines is 1. The molecule has 0 saturated carbocycles. The molecule has 2 N–H and O–H groups in total. The van der Waals surface area contributed by atoms with E-state index in [0.717, 1.165) is 22.7 Å². The number of benzene rings is 1. The molecule has 0 unspecified atom stereocenters. The number of pyridine rings is 1. The SMILES string of the molecule is CCOc1ccc(-c2n[nH]c(=S)n2CCC(=O)NCc2ccnc(N(C)C)c2)cc1. The zero-order valence-corrected chi connectivity index (χ0v) is 18.2. The highest BCUT2D eigenvalue weighted by Gasteiger charge is 2.11. The number of carbonyl (C=O) groups excluding carboxylic acids is 1. The molecular formula is C21H26N6O2S. The van der Waals surface area contributed by atoms with Gasteiger partial charge in [0.25, 0.3) is 0 Å². The second kappa shape index (κ2) is 10.0. The lowest BCUT2D eigenvalue weighted by molar-refractivity contribution is -0.121. The van der Waals surface area contributed by atoms with Gasteiger partial charge in [-0.15, -0.1) is 0 Å². The Hall–Kier alpha value is -3.20. The Balaban J connectivity index is 1.60. The second-order valence-corrected chi connectivity index (χ2v) is 7.29. The van der Waals surface area contributed by atoms with Gasteiger partial charge >= 0.3 is 0 Å². The molecule has 1 aromatic carbocycles. The van der Waals surface area contributed by atoms with E-state index in [1.165, 1.54) is 0 Å². The molecular weight excluding hydrogens is 400 g/mol. The lowest BCUT2D eigenvalue weighted by Gasteiger charge is -2.12. The van der Waals surface area contributed by atoms with Crippen molar-refractivity contribution in [1.29, 1.82) is 0 Å². The van der Waals surface area contributed by atoms with Crippen LogP contribution in [0.4, 0.5) is 5.82 Å². The molecule has 9 heteroatoms. The molecule has 0 aliphatic carbocycles. The minimum Gasteiger partial charge on any atom is -0.494 e. The summed E-state index contributed by atoms with van der Waals surface area (Å²) < 4.78 is 7.80. The van der Waals surface area contributed by atoms with Crippen molar-refractivity contribution in [3.63, 3.8) is 0 Å². The number of H-pyrrole nitrogens is 1. The molecule has 0 aliphatic rings. The smallest absolute Gasteiger partial charge is 0.222 e. The van der Waals surface area contributed by atoms with E-state index in [-0.39, 0.29) is 5.91 Å². The molecule has 0 saturated heterocycles. The predicted molar refractivity (Wildman–Crippen MR) is 119 cm³/mol. The first-order valence-electron chi connectivity index (χ1n) is 9.75. The summed E-state index contributed by atoms with van der Waals surface area (Å²) in [4.78, 5) is 18.6.